The van der Waals surface area contributed by atoms with Gasteiger partial charge in [0.05, 0.1) is 0 Å². The van der Waals surface area contributed by atoms with E-state index in [1.54, 1.807) is 0 Å². The summed E-state index contributed by atoms with van der Waals surface area (Å²) in [7, 11) is 2.87. The van der Waals surface area contributed by atoms with E-state index >= 15 is 0 Å². The van der Waals surface area contributed by atoms with Crippen LogP contribution in [0.1, 0.15) is 0 Å². The number of rotatable bonds is 6. The topological polar surface area (TPSA) is 0 Å². The summed E-state index contributed by atoms with van der Waals surface area (Å²) in [6.07, 6.45) is 0. The Balaban J connectivity index is 0.00000104. The first-order valence-corrected chi connectivity index (χ1v) is 15.1. The van der Waals surface area contributed by atoms with Gasteiger partial charge in [-0.05, 0) is 48.5 Å². The van der Waals surface area contributed by atoms with Gasteiger partial charge in [-0.15, -0.1) is 0 Å². The van der Waals surface area contributed by atoms with Gasteiger partial charge in [0, 0.05) is 0 Å². The standard InChI is InChI=1S/C25H22P2.CH3.ClH.Ru/c1-5-13-22(14-6-1)26(23-15-7-2-8-16-23)21-27(24-17-9-3-10-18-24)25-19-11-4-12-20-25;;;/h1-20H,21H2;1H3;1H;/q;-1;;+2/p+1. The molecule has 0 radical (unpaired) electrons. The maximum absolute atomic E-state index is 4.57. The number of hydrogen-bond acceptors (Lipinski definition) is 0. The molecule has 0 aliphatic carbocycles. The molecule has 4 aromatic rings. The zero-order chi connectivity index (χ0) is 20.3. The van der Waals surface area contributed by atoms with Crippen LogP contribution in [-0.4, -0.2) is 5.90 Å². The van der Waals surface area contributed by atoms with Crippen LogP contribution in [0.15, 0.2) is 121 Å². The molecule has 4 rings (SSSR count). The summed E-state index contributed by atoms with van der Waals surface area (Å²) in [5.74, 6) is 1.25. The van der Waals surface area contributed by atoms with Gasteiger partial charge >= 0.3 is 27.0 Å². The van der Waals surface area contributed by atoms with Crippen LogP contribution >= 0.6 is 25.5 Å². The summed E-state index contributed by atoms with van der Waals surface area (Å²) in [5.41, 5.74) is 0. The average molecular weight is 538 g/mol. The van der Waals surface area contributed by atoms with Crippen molar-refractivity contribution in [2.45, 2.75) is 0 Å². The van der Waals surface area contributed by atoms with Crippen molar-refractivity contribution in [3.8, 4) is 0 Å². The number of hydrogen-bond donors (Lipinski definition) is 0. The Kier molecular flexibility index (Phi) is 11.5. The molecule has 4 heteroatoms. The molecule has 30 heavy (non-hydrogen) atoms. The van der Waals surface area contributed by atoms with Crippen LogP contribution in [0.5, 0.6) is 0 Å². The third-order valence-electron chi connectivity index (χ3n) is 4.84. The fraction of sp³-hybridized carbons (Fsp3) is 0.0385. The quantitative estimate of drug-likeness (QED) is 0.165. The fourth-order valence-corrected chi connectivity index (χ4v) is 11.2. The summed E-state index contributed by atoms with van der Waals surface area (Å²) >= 11 is 1.82. The van der Waals surface area contributed by atoms with Crippen LogP contribution in [0.25, 0.3) is 0 Å². The van der Waals surface area contributed by atoms with Crippen molar-refractivity contribution in [3.05, 3.63) is 129 Å². The molecule has 0 N–H and O–H groups in total. The first kappa shape index (κ1) is 24.9. The smallest absolute Gasteiger partial charge is 0.0620 e. The monoisotopic (exact) mass is 538 g/mol. The minimum absolute atomic E-state index is 0. The summed E-state index contributed by atoms with van der Waals surface area (Å²) in [4.78, 5) is 0. The van der Waals surface area contributed by atoms with Crippen molar-refractivity contribution in [1.82, 2.24) is 0 Å². The molecule has 0 spiro atoms. The summed E-state index contributed by atoms with van der Waals surface area (Å²) < 4.78 is 0. The molecule has 0 saturated carbocycles. The number of halogens is 1. The summed E-state index contributed by atoms with van der Waals surface area (Å²) in [6, 6.07) is 44.5. The van der Waals surface area contributed by atoms with Crippen LogP contribution in [0.4, 0.5) is 0 Å². The third-order valence-corrected chi connectivity index (χ3v) is 11.8. The SMILES string of the molecule is [CH3-].[Cl][Ru+].c1ccc([PH+](C[PH+](c2ccccc2)c2ccccc2)c2ccccc2)cc1. The van der Waals surface area contributed by atoms with Gasteiger partial charge in [0.2, 0.25) is 0 Å². The van der Waals surface area contributed by atoms with E-state index in [2.05, 4.69) is 131 Å². The molecular formula is C26H27ClP2Ru+2. The van der Waals surface area contributed by atoms with E-state index in [1.165, 1.54) is 27.1 Å². The number of benzene rings is 4. The minimum atomic E-state index is -0.847. The minimum Gasteiger partial charge on any atom is -0.0620 e. The van der Waals surface area contributed by atoms with E-state index < -0.39 is 15.8 Å². The van der Waals surface area contributed by atoms with Crippen LogP contribution in [-0.2, 0) is 17.3 Å². The van der Waals surface area contributed by atoms with E-state index in [1.807, 2.05) is 17.3 Å². The zero-order valence-electron chi connectivity index (χ0n) is 17.0. The molecule has 0 aromatic heterocycles. The molecule has 0 amide bonds. The molecule has 0 unspecified atom stereocenters. The third kappa shape index (κ3) is 6.84. The van der Waals surface area contributed by atoms with E-state index in [0.29, 0.717) is 0 Å². The molecule has 0 nitrogen and oxygen atoms in total. The van der Waals surface area contributed by atoms with Gasteiger partial charge in [0.25, 0.3) is 0 Å². The van der Waals surface area contributed by atoms with Crippen molar-refractivity contribution in [2.24, 2.45) is 0 Å². The first-order chi connectivity index (χ1) is 14.4. The molecule has 0 atom stereocenters. The Hall–Kier alpha value is -1.35. The van der Waals surface area contributed by atoms with E-state index in [-0.39, 0.29) is 7.43 Å². The molecule has 0 bridgehead atoms. The Morgan fingerprint density at radius 3 is 0.833 bits per heavy atom. The van der Waals surface area contributed by atoms with Crippen LogP contribution < -0.4 is 21.2 Å². The largest absolute Gasteiger partial charge is 0.174 e. The van der Waals surface area contributed by atoms with E-state index in [0.717, 1.165) is 0 Å². The molecule has 0 aliphatic rings. The van der Waals surface area contributed by atoms with Crippen molar-refractivity contribution >= 4 is 46.8 Å². The van der Waals surface area contributed by atoms with Gasteiger partial charge in [-0.3, -0.25) is 0 Å². The van der Waals surface area contributed by atoms with Gasteiger partial charge in [0.15, 0.2) is 5.90 Å². The van der Waals surface area contributed by atoms with E-state index in [9.17, 15) is 0 Å². The second kappa shape index (κ2) is 13.9. The molecule has 0 aliphatic heterocycles. The predicted octanol–water partition coefficient (Wildman–Crippen LogP) is 5.81. The normalized spacial score (nSPS) is 10.1. The van der Waals surface area contributed by atoms with Gasteiger partial charge < -0.3 is 7.43 Å². The van der Waals surface area contributed by atoms with Crippen molar-refractivity contribution in [2.75, 3.05) is 5.90 Å². The Morgan fingerprint density at radius 2 is 0.633 bits per heavy atom. The Labute approximate surface area is 197 Å². The van der Waals surface area contributed by atoms with E-state index in [4.69, 9.17) is 0 Å². The molecule has 154 valence electrons. The van der Waals surface area contributed by atoms with Gasteiger partial charge in [-0.2, -0.15) is 0 Å². The predicted molar refractivity (Wildman–Crippen MR) is 138 cm³/mol. The van der Waals surface area contributed by atoms with Gasteiger partial charge in [-0.25, -0.2) is 0 Å². The maximum Gasteiger partial charge on any atom is 0.174 e. The fourth-order valence-electron chi connectivity index (χ4n) is 3.48. The maximum atomic E-state index is 4.57. The van der Waals surface area contributed by atoms with Crippen LogP contribution in [0.3, 0.4) is 0 Å². The summed E-state index contributed by atoms with van der Waals surface area (Å²) in [6.45, 7) is 0. The Morgan fingerprint density at radius 1 is 0.433 bits per heavy atom. The molecule has 0 saturated heterocycles. The van der Waals surface area contributed by atoms with Crippen LogP contribution in [0, 0.1) is 7.43 Å². The van der Waals surface area contributed by atoms with Gasteiger partial charge in [-0.1, -0.05) is 72.8 Å². The van der Waals surface area contributed by atoms with Crippen molar-refractivity contribution < 1.29 is 17.3 Å². The van der Waals surface area contributed by atoms with Gasteiger partial charge in [0.1, 0.15) is 37.1 Å². The first-order valence-electron chi connectivity index (χ1n) is 9.48. The molecular weight excluding hydrogens is 511 g/mol. The Bertz CT molecular complexity index is 791. The zero-order valence-corrected chi connectivity index (χ0v) is 21.5. The second-order valence-electron chi connectivity index (χ2n) is 6.60. The summed E-state index contributed by atoms with van der Waals surface area (Å²) in [5, 5.41) is 6.01. The average Bonchev–Trinajstić information content (AvgIpc) is 2.83. The van der Waals surface area contributed by atoms with Crippen molar-refractivity contribution in [1.29, 1.82) is 0 Å². The molecule has 0 heterocycles. The molecule has 4 aromatic carbocycles. The van der Waals surface area contributed by atoms with Crippen molar-refractivity contribution in [3.63, 3.8) is 0 Å². The van der Waals surface area contributed by atoms with Crippen LogP contribution in [0.2, 0.25) is 0 Å². The molecule has 0 fully saturated rings. The second-order valence-corrected chi connectivity index (χ2v) is 12.2.